The number of rotatable bonds is 6. The van der Waals surface area contributed by atoms with Gasteiger partial charge in [0.25, 0.3) is 5.91 Å². The Balaban J connectivity index is 2.56. The highest BCUT2D eigenvalue weighted by Gasteiger charge is 2.27. The minimum atomic E-state index is -4.56. The van der Waals surface area contributed by atoms with Crippen LogP contribution in [-0.2, 0) is 4.79 Å². The quantitative estimate of drug-likeness (QED) is 0.618. The highest BCUT2D eigenvalue weighted by Crippen LogP contribution is 2.16. The van der Waals surface area contributed by atoms with Gasteiger partial charge >= 0.3 is 12.2 Å². The third-order valence-electron chi connectivity index (χ3n) is 2.98. The first kappa shape index (κ1) is 20.3. The molecule has 138 valence electrons. The number of carbonyl (C=O) groups is 3. The number of aryl methyl sites for hydroxylation is 1. The molecular formula is C15H19F3N4O3. The predicted molar refractivity (Wildman–Crippen MR) is 85.3 cm³/mol. The molecular weight excluding hydrogens is 341 g/mol. The zero-order valence-corrected chi connectivity index (χ0v) is 13.7. The highest BCUT2D eigenvalue weighted by atomic mass is 19.4. The van der Waals surface area contributed by atoms with Crippen LogP contribution in [0, 0.1) is 6.92 Å². The standard InChI is InChI=1S/C15H19F3N4O3/c1-3-19-13(24)10-5-4-9(2)11(6-10)20-7-12(23)22-14(25)21-8-15(16,17)18/h4-6,20H,3,7-8H2,1-2H3,(H,19,24)(H2,21,22,23,25). The topological polar surface area (TPSA) is 99.3 Å². The lowest BCUT2D eigenvalue weighted by atomic mass is 10.1. The van der Waals surface area contributed by atoms with Crippen LogP contribution in [0.4, 0.5) is 23.7 Å². The zero-order chi connectivity index (χ0) is 19.0. The molecule has 0 aliphatic carbocycles. The van der Waals surface area contributed by atoms with Gasteiger partial charge in [-0.05, 0) is 31.5 Å². The Morgan fingerprint density at radius 1 is 1.12 bits per heavy atom. The van der Waals surface area contributed by atoms with Gasteiger partial charge in [0.2, 0.25) is 5.91 Å². The van der Waals surface area contributed by atoms with E-state index < -0.39 is 24.7 Å². The van der Waals surface area contributed by atoms with Crippen LogP contribution >= 0.6 is 0 Å². The van der Waals surface area contributed by atoms with Crippen molar-refractivity contribution in [1.82, 2.24) is 16.0 Å². The van der Waals surface area contributed by atoms with E-state index in [-0.39, 0.29) is 12.5 Å². The minimum Gasteiger partial charge on any atom is -0.376 e. The van der Waals surface area contributed by atoms with Gasteiger partial charge in [-0.2, -0.15) is 13.2 Å². The van der Waals surface area contributed by atoms with E-state index in [0.717, 1.165) is 5.56 Å². The van der Waals surface area contributed by atoms with E-state index in [9.17, 15) is 27.6 Å². The average molecular weight is 360 g/mol. The van der Waals surface area contributed by atoms with Crippen molar-refractivity contribution in [1.29, 1.82) is 0 Å². The molecule has 0 aliphatic heterocycles. The molecule has 0 saturated heterocycles. The second kappa shape index (κ2) is 8.90. The number of carbonyl (C=O) groups excluding carboxylic acids is 3. The van der Waals surface area contributed by atoms with Crippen LogP contribution in [0.3, 0.4) is 0 Å². The zero-order valence-electron chi connectivity index (χ0n) is 13.7. The Hall–Kier alpha value is -2.78. The minimum absolute atomic E-state index is 0.276. The normalized spacial score (nSPS) is 10.8. The molecule has 25 heavy (non-hydrogen) atoms. The van der Waals surface area contributed by atoms with E-state index in [1.807, 2.05) is 0 Å². The molecule has 4 N–H and O–H groups in total. The molecule has 1 aromatic carbocycles. The molecule has 0 saturated carbocycles. The summed E-state index contributed by atoms with van der Waals surface area (Å²) >= 11 is 0. The predicted octanol–water partition coefficient (Wildman–Crippen LogP) is 1.54. The first-order chi connectivity index (χ1) is 11.6. The number of imide groups is 1. The van der Waals surface area contributed by atoms with Gasteiger partial charge < -0.3 is 16.0 Å². The van der Waals surface area contributed by atoms with Gasteiger partial charge in [-0.1, -0.05) is 6.07 Å². The molecule has 0 aliphatic rings. The Kier molecular flexibility index (Phi) is 7.22. The monoisotopic (exact) mass is 360 g/mol. The van der Waals surface area contributed by atoms with E-state index in [0.29, 0.717) is 17.8 Å². The molecule has 1 rings (SSSR count). The lowest BCUT2D eigenvalue weighted by Crippen LogP contribution is -2.45. The Morgan fingerprint density at radius 2 is 1.80 bits per heavy atom. The molecule has 0 fully saturated rings. The van der Waals surface area contributed by atoms with Gasteiger partial charge in [0, 0.05) is 17.8 Å². The molecule has 0 spiro atoms. The van der Waals surface area contributed by atoms with Crippen molar-refractivity contribution in [3.63, 3.8) is 0 Å². The number of nitrogens with one attached hydrogen (secondary N) is 4. The van der Waals surface area contributed by atoms with Crippen LogP contribution in [0.2, 0.25) is 0 Å². The van der Waals surface area contributed by atoms with Crippen molar-refractivity contribution in [2.45, 2.75) is 20.0 Å². The summed E-state index contributed by atoms with van der Waals surface area (Å²) in [5.74, 6) is -1.09. The second-order valence-corrected chi connectivity index (χ2v) is 5.09. The molecule has 0 bridgehead atoms. The van der Waals surface area contributed by atoms with Gasteiger partial charge in [0.15, 0.2) is 0 Å². The number of amides is 4. The van der Waals surface area contributed by atoms with Crippen molar-refractivity contribution < 1.29 is 27.6 Å². The van der Waals surface area contributed by atoms with Crippen molar-refractivity contribution in [3.8, 4) is 0 Å². The average Bonchev–Trinajstić information content (AvgIpc) is 2.51. The summed E-state index contributed by atoms with van der Waals surface area (Å²) in [6.45, 7) is 2.11. The van der Waals surface area contributed by atoms with Crippen LogP contribution in [0.15, 0.2) is 18.2 Å². The lowest BCUT2D eigenvalue weighted by molar-refractivity contribution is -0.124. The maximum atomic E-state index is 12.0. The third-order valence-corrected chi connectivity index (χ3v) is 2.98. The maximum absolute atomic E-state index is 12.0. The fraction of sp³-hybridized carbons (Fsp3) is 0.400. The molecule has 0 atom stereocenters. The van der Waals surface area contributed by atoms with E-state index in [2.05, 4.69) is 10.6 Å². The van der Waals surface area contributed by atoms with Crippen LogP contribution in [0.25, 0.3) is 0 Å². The van der Waals surface area contributed by atoms with E-state index in [1.54, 1.807) is 31.3 Å². The van der Waals surface area contributed by atoms with Crippen LogP contribution in [0.1, 0.15) is 22.8 Å². The number of urea groups is 1. The fourth-order valence-electron chi connectivity index (χ4n) is 1.79. The van der Waals surface area contributed by atoms with Gasteiger partial charge in [-0.3, -0.25) is 14.9 Å². The Bertz CT molecular complexity index is 647. The Morgan fingerprint density at radius 3 is 2.40 bits per heavy atom. The summed E-state index contributed by atoms with van der Waals surface area (Å²) in [4.78, 5) is 34.5. The van der Waals surface area contributed by atoms with Crippen LogP contribution < -0.4 is 21.3 Å². The van der Waals surface area contributed by atoms with E-state index in [1.165, 1.54) is 11.4 Å². The first-order valence-electron chi connectivity index (χ1n) is 7.39. The lowest BCUT2D eigenvalue weighted by Gasteiger charge is -2.12. The summed E-state index contributed by atoms with van der Waals surface area (Å²) in [5.41, 5.74) is 1.63. The van der Waals surface area contributed by atoms with Gasteiger partial charge in [-0.25, -0.2) is 4.79 Å². The van der Waals surface area contributed by atoms with Crippen LogP contribution in [0.5, 0.6) is 0 Å². The molecule has 1 aromatic rings. The molecule has 0 heterocycles. The SMILES string of the molecule is CCNC(=O)c1ccc(C)c(NCC(=O)NC(=O)NCC(F)(F)F)c1. The molecule has 4 amide bonds. The largest absolute Gasteiger partial charge is 0.405 e. The van der Waals surface area contributed by atoms with Gasteiger partial charge in [0.05, 0.1) is 6.54 Å². The maximum Gasteiger partial charge on any atom is 0.405 e. The van der Waals surface area contributed by atoms with Crippen molar-refractivity contribution >= 4 is 23.5 Å². The summed E-state index contributed by atoms with van der Waals surface area (Å²) < 4.78 is 35.9. The summed E-state index contributed by atoms with van der Waals surface area (Å²) in [5, 5.41) is 8.66. The fourth-order valence-corrected chi connectivity index (χ4v) is 1.79. The number of halogens is 3. The number of alkyl halides is 3. The van der Waals surface area contributed by atoms with E-state index in [4.69, 9.17) is 0 Å². The third kappa shape index (κ3) is 7.55. The van der Waals surface area contributed by atoms with E-state index >= 15 is 0 Å². The molecule has 0 radical (unpaired) electrons. The van der Waals surface area contributed by atoms with Crippen LogP contribution in [-0.4, -0.2) is 43.7 Å². The summed E-state index contributed by atoms with van der Waals surface area (Å²) in [6, 6.07) is 3.60. The molecule has 10 heteroatoms. The number of anilines is 1. The van der Waals surface area contributed by atoms with Crippen molar-refractivity contribution in [2.24, 2.45) is 0 Å². The summed E-state index contributed by atoms with van der Waals surface area (Å²) in [6.07, 6.45) is -4.56. The van der Waals surface area contributed by atoms with Crippen molar-refractivity contribution in [2.75, 3.05) is 25.0 Å². The number of hydrogen-bond acceptors (Lipinski definition) is 4. The molecule has 7 nitrogen and oxygen atoms in total. The van der Waals surface area contributed by atoms with Gasteiger partial charge in [0.1, 0.15) is 6.54 Å². The second-order valence-electron chi connectivity index (χ2n) is 5.09. The first-order valence-corrected chi connectivity index (χ1v) is 7.39. The smallest absolute Gasteiger partial charge is 0.376 e. The highest BCUT2D eigenvalue weighted by molar-refractivity contribution is 5.97. The number of benzene rings is 1. The molecule has 0 unspecified atom stereocenters. The summed E-state index contributed by atoms with van der Waals surface area (Å²) in [7, 11) is 0. The number of hydrogen-bond donors (Lipinski definition) is 4. The van der Waals surface area contributed by atoms with Crippen molar-refractivity contribution in [3.05, 3.63) is 29.3 Å². The Labute approximate surface area is 142 Å². The van der Waals surface area contributed by atoms with Gasteiger partial charge in [-0.15, -0.1) is 0 Å². The molecule has 0 aromatic heterocycles.